The predicted octanol–water partition coefficient (Wildman–Crippen LogP) is 4.71. The van der Waals surface area contributed by atoms with E-state index in [1.165, 1.54) is 0 Å². The fourth-order valence-electron chi connectivity index (χ4n) is 4.14. The fourth-order valence-corrected chi connectivity index (χ4v) is 5.01. The Balaban J connectivity index is 1.75. The van der Waals surface area contributed by atoms with E-state index >= 15 is 0 Å². The Kier molecular flexibility index (Phi) is 6.87. The number of amides is 2. The molecule has 0 radical (unpaired) electrons. The summed E-state index contributed by atoms with van der Waals surface area (Å²) in [5.41, 5.74) is 1.95. The van der Waals surface area contributed by atoms with Gasteiger partial charge in [0.1, 0.15) is 5.75 Å². The molecule has 1 aliphatic heterocycles. The van der Waals surface area contributed by atoms with Gasteiger partial charge in [-0.1, -0.05) is 30.3 Å². The first-order chi connectivity index (χ1) is 15.6. The largest absolute Gasteiger partial charge is 0.494 e. The molecule has 2 atom stereocenters. The molecule has 1 N–H and O–H groups in total. The molecular weight excluding hydrogens is 424 g/mol. The van der Waals surface area contributed by atoms with Gasteiger partial charge in [0, 0.05) is 35.8 Å². The number of anilines is 1. The normalized spacial score (nSPS) is 17.7. The highest BCUT2D eigenvalue weighted by molar-refractivity contribution is 7.10. The summed E-state index contributed by atoms with van der Waals surface area (Å²) in [5, 5.41) is 5.02. The monoisotopic (exact) mass is 450 g/mol. The van der Waals surface area contributed by atoms with Crippen LogP contribution in [0.5, 0.6) is 5.75 Å². The van der Waals surface area contributed by atoms with Crippen LogP contribution in [-0.4, -0.2) is 43.6 Å². The van der Waals surface area contributed by atoms with Crippen LogP contribution in [0.25, 0.3) is 0 Å². The molecular formula is C25H26N2O4S. The number of thiophene rings is 1. The van der Waals surface area contributed by atoms with Crippen molar-refractivity contribution in [3.05, 3.63) is 82.0 Å². The number of rotatable bonds is 8. The summed E-state index contributed by atoms with van der Waals surface area (Å²) in [6, 6.07) is 18.2. The number of nitrogens with zero attached hydrogens (tertiary/aromatic N) is 1. The highest BCUT2D eigenvalue weighted by atomic mass is 32.1. The van der Waals surface area contributed by atoms with Crippen LogP contribution in [0.2, 0.25) is 0 Å². The Morgan fingerprint density at radius 2 is 1.97 bits per heavy atom. The molecule has 1 aliphatic rings. The lowest BCUT2D eigenvalue weighted by atomic mass is 9.81. The molecule has 2 heterocycles. The van der Waals surface area contributed by atoms with E-state index in [9.17, 15) is 9.59 Å². The number of carbonyl (C=O) groups is 2. The number of methoxy groups -OCH3 is 1. The SMILES string of the molecule is CCOc1cccc(NC(=O)C2c3ccccc3C(=O)N(CCOC)C2c2cccs2)c1. The molecule has 0 spiro atoms. The quantitative estimate of drug-likeness (QED) is 0.540. The fraction of sp³-hybridized carbons (Fsp3) is 0.280. The van der Waals surface area contributed by atoms with Crippen LogP contribution in [0.4, 0.5) is 5.69 Å². The number of benzene rings is 2. The average molecular weight is 451 g/mol. The summed E-state index contributed by atoms with van der Waals surface area (Å²) in [7, 11) is 1.61. The van der Waals surface area contributed by atoms with Gasteiger partial charge in [0.05, 0.1) is 25.2 Å². The molecule has 32 heavy (non-hydrogen) atoms. The zero-order chi connectivity index (χ0) is 22.5. The minimum Gasteiger partial charge on any atom is -0.494 e. The Bertz CT molecular complexity index is 1080. The molecule has 3 aromatic rings. The number of hydrogen-bond acceptors (Lipinski definition) is 5. The number of fused-ring (bicyclic) bond motifs is 1. The first-order valence-corrected chi connectivity index (χ1v) is 11.5. The van der Waals surface area contributed by atoms with Crippen LogP contribution in [0.3, 0.4) is 0 Å². The highest BCUT2D eigenvalue weighted by Gasteiger charge is 2.44. The summed E-state index contributed by atoms with van der Waals surface area (Å²) in [5.74, 6) is -0.117. The number of ether oxygens (including phenoxy) is 2. The van der Waals surface area contributed by atoms with Crippen LogP contribution >= 0.6 is 11.3 Å². The van der Waals surface area contributed by atoms with Gasteiger partial charge < -0.3 is 19.7 Å². The second kappa shape index (κ2) is 9.97. The van der Waals surface area contributed by atoms with E-state index in [1.54, 1.807) is 29.4 Å². The summed E-state index contributed by atoms with van der Waals surface area (Å²) in [6.45, 7) is 3.25. The van der Waals surface area contributed by atoms with Gasteiger partial charge in [0.2, 0.25) is 5.91 Å². The Morgan fingerprint density at radius 3 is 2.72 bits per heavy atom. The highest BCUT2D eigenvalue weighted by Crippen LogP contribution is 2.44. The van der Waals surface area contributed by atoms with Crippen molar-refractivity contribution in [3.63, 3.8) is 0 Å². The van der Waals surface area contributed by atoms with Crippen molar-refractivity contribution in [2.75, 3.05) is 32.2 Å². The first-order valence-electron chi connectivity index (χ1n) is 10.6. The Labute approximate surface area is 191 Å². The number of nitrogens with one attached hydrogen (secondary N) is 1. The van der Waals surface area contributed by atoms with Crippen LogP contribution in [-0.2, 0) is 9.53 Å². The molecule has 0 fully saturated rings. The molecule has 166 valence electrons. The zero-order valence-electron chi connectivity index (χ0n) is 18.1. The molecule has 0 saturated carbocycles. The van der Waals surface area contributed by atoms with Crippen molar-refractivity contribution in [2.45, 2.75) is 18.9 Å². The van der Waals surface area contributed by atoms with Crippen molar-refractivity contribution in [1.29, 1.82) is 0 Å². The van der Waals surface area contributed by atoms with Gasteiger partial charge in [0.15, 0.2) is 0 Å². The molecule has 2 aromatic carbocycles. The third kappa shape index (κ3) is 4.40. The van der Waals surface area contributed by atoms with Crippen molar-refractivity contribution < 1.29 is 19.1 Å². The molecule has 1 aromatic heterocycles. The average Bonchev–Trinajstić information content (AvgIpc) is 3.33. The standard InChI is InChI=1S/C25H26N2O4S/c1-3-31-18-9-6-8-17(16-18)26-24(28)22-19-10-4-5-11-20(19)25(29)27(13-14-30-2)23(22)21-12-7-15-32-21/h4-12,15-16,22-23H,3,13-14H2,1-2H3,(H,26,28). The van der Waals surface area contributed by atoms with Crippen LogP contribution in [0.1, 0.15) is 39.7 Å². The van der Waals surface area contributed by atoms with Crippen molar-refractivity contribution >= 4 is 28.8 Å². The van der Waals surface area contributed by atoms with Crippen LogP contribution in [0.15, 0.2) is 66.0 Å². The lowest BCUT2D eigenvalue weighted by Crippen LogP contribution is -2.47. The van der Waals surface area contributed by atoms with Crippen LogP contribution in [0, 0.1) is 0 Å². The van der Waals surface area contributed by atoms with Gasteiger partial charge in [-0.15, -0.1) is 11.3 Å². The van der Waals surface area contributed by atoms with E-state index in [4.69, 9.17) is 9.47 Å². The van der Waals surface area contributed by atoms with E-state index in [0.29, 0.717) is 36.8 Å². The van der Waals surface area contributed by atoms with Crippen molar-refractivity contribution in [2.24, 2.45) is 0 Å². The Hall–Kier alpha value is -3.16. The van der Waals surface area contributed by atoms with Gasteiger partial charge in [-0.05, 0) is 42.1 Å². The zero-order valence-corrected chi connectivity index (χ0v) is 18.9. The summed E-state index contributed by atoms with van der Waals surface area (Å²) >= 11 is 1.55. The maximum atomic E-state index is 13.7. The second-order valence-electron chi connectivity index (χ2n) is 7.47. The third-order valence-corrected chi connectivity index (χ3v) is 6.45. The first kappa shape index (κ1) is 22.0. The van der Waals surface area contributed by atoms with E-state index < -0.39 is 12.0 Å². The molecule has 2 amide bonds. The predicted molar refractivity (Wildman–Crippen MR) is 125 cm³/mol. The molecule has 0 bridgehead atoms. The minimum atomic E-state index is -0.560. The molecule has 4 rings (SSSR count). The molecule has 0 saturated heterocycles. The summed E-state index contributed by atoms with van der Waals surface area (Å²) in [6.07, 6.45) is 0. The smallest absolute Gasteiger partial charge is 0.254 e. The third-order valence-electron chi connectivity index (χ3n) is 5.50. The van der Waals surface area contributed by atoms with Gasteiger partial charge in [0.25, 0.3) is 5.91 Å². The molecule has 2 unspecified atom stereocenters. The summed E-state index contributed by atoms with van der Waals surface area (Å²) < 4.78 is 10.8. The number of hydrogen-bond donors (Lipinski definition) is 1. The van der Waals surface area contributed by atoms with E-state index in [1.807, 2.05) is 66.9 Å². The van der Waals surface area contributed by atoms with Gasteiger partial charge in [-0.2, -0.15) is 0 Å². The second-order valence-corrected chi connectivity index (χ2v) is 8.45. The molecule has 6 nitrogen and oxygen atoms in total. The lowest BCUT2D eigenvalue weighted by Gasteiger charge is -2.41. The van der Waals surface area contributed by atoms with Crippen molar-refractivity contribution in [1.82, 2.24) is 4.90 Å². The Morgan fingerprint density at radius 1 is 1.12 bits per heavy atom. The van der Waals surface area contributed by atoms with Gasteiger partial charge >= 0.3 is 0 Å². The molecule has 7 heteroatoms. The maximum Gasteiger partial charge on any atom is 0.254 e. The van der Waals surface area contributed by atoms with Crippen LogP contribution < -0.4 is 10.1 Å². The van der Waals surface area contributed by atoms with E-state index in [2.05, 4.69) is 5.32 Å². The lowest BCUT2D eigenvalue weighted by molar-refractivity contribution is -0.119. The van der Waals surface area contributed by atoms with Crippen molar-refractivity contribution in [3.8, 4) is 5.75 Å². The topological polar surface area (TPSA) is 67.9 Å². The van der Waals surface area contributed by atoms with E-state index in [-0.39, 0.29) is 11.8 Å². The maximum absolute atomic E-state index is 13.7. The minimum absolute atomic E-state index is 0.0848. The van der Waals surface area contributed by atoms with Gasteiger partial charge in [-0.3, -0.25) is 9.59 Å². The molecule has 0 aliphatic carbocycles. The number of carbonyl (C=O) groups excluding carboxylic acids is 2. The van der Waals surface area contributed by atoms with E-state index in [0.717, 1.165) is 10.4 Å². The van der Waals surface area contributed by atoms with Gasteiger partial charge in [-0.25, -0.2) is 0 Å². The summed E-state index contributed by atoms with van der Waals surface area (Å²) in [4.78, 5) is 29.8.